The summed E-state index contributed by atoms with van der Waals surface area (Å²) in [6, 6.07) is 0.156. The summed E-state index contributed by atoms with van der Waals surface area (Å²) in [5, 5.41) is 12.2. The first kappa shape index (κ1) is 11.5. The van der Waals surface area contributed by atoms with E-state index in [1.54, 1.807) is 0 Å². The number of carboxylic acid groups (broad SMARTS) is 1. The van der Waals surface area contributed by atoms with Crippen molar-refractivity contribution in [1.82, 2.24) is 10.2 Å². The average Bonchev–Trinajstić information content (AvgIpc) is 2.19. The van der Waals surface area contributed by atoms with Crippen molar-refractivity contribution in [2.75, 3.05) is 20.1 Å². The molecule has 0 saturated carbocycles. The minimum atomic E-state index is -0.691. The molecule has 1 fully saturated rings. The van der Waals surface area contributed by atoms with Crippen LogP contribution in [-0.2, 0) is 4.79 Å². The van der Waals surface area contributed by atoms with Crippen LogP contribution < -0.4 is 5.32 Å². The number of nitrogens with zero attached hydrogens (tertiary/aromatic N) is 1. The van der Waals surface area contributed by atoms with Crippen molar-refractivity contribution in [3.8, 4) is 0 Å². The zero-order chi connectivity index (χ0) is 10.6. The Morgan fingerprint density at radius 2 is 2.43 bits per heavy atom. The van der Waals surface area contributed by atoms with Gasteiger partial charge in [0.1, 0.15) is 6.04 Å². The Bertz CT molecular complexity index is 197. The second-order valence-electron chi connectivity index (χ2n) is 3.89. The summed E-state index contributed by atoms with van der Waals surface area (Å²) in [5.74, 6) is -0.691. The number of piperidine rings is 1. The molecule has 0 aromatic carbocycles. The minimum absolute atomic E-state index is 0.300. The number of aliphatic carboxylic acids is 1. The van der Waals surface area contributed by atoms with Crippen LogP contribution in [0, 0.1) is 0 Å². The molecule has 0 amide bonds. The van der Waals surface area contributed by atoms with Gasteiger partial charge in [0.25, 0.3) is 0 Å². The van der Waals surface area contributed by atoms with E-state index >= 15 is 0 Å². The number of carbonyl (C=O) groups is 1. The highest BCUT2D eigenvalue weighted by Gasteiger charge is 2.28. The monoisotopic (exact) mass is 200 g/mol. The van der Waals surface area contributed by atoms with Gasteiger partial charge in [-0.2, -0.15) is 0 Å². The second kappa shape index (κ2) is 5.32. The molecule has 2 atom stereocenters. The fourth-order valence-electron chi connectivity index (χ4n) is 2.11. The molecule has 0 aromatic rings. The van der Waals surface area contributed by atoms with Gasteiger partial charge in [0.05, 0.1) is 0 Å². The molecule has 0 aromatic heterocycles. The number of hydrogen-bond acceptors (Lipinski definition) is 3. The molecule has 14 heavy (non-hydrogen) atoms. The van der Waals surface area contributed by atoms with Crippen molar-refractivity contribution in [1.29, 1.82) is 0 Å². The highest BCUT2D eigenvalue weighted by molar-refractivity contribution is 5.73. The number of hydrogen-bond donors (Lipinski definition) is 2. The topological polar surface area (TPSA) is 52.6 Å². The smallest absolute Gasteiger partial charge is 0.320 e. The molecule has 1 heterocycles. The van der Waals surface area contributed by atoms with Crippen molar-refractivity contribution in [3.63, 3.8) is 0 Å². The third-order valence-electron chi connectivity index (χ3n) is 2.97. The molecular formula is C10H20N2O2. The summed E-state index contributed by atoms with van der Waals surface area (Å²) in [7, 11) is 1.94. The lowest BCUT2D eigenvalue weighted by Gasteiger charge is -2.35. The Balaban J connectivity index is 2.53. The van der Waals surface area contributed by atoms with Crippen LogP contribution in [0.4, 0.5) is 0 Å². The predicted molar refractivity (Wildman–Crippen MR) is 55.4 cm³/mol. The maximum atomic E-state index is 11.0. The van der Waals surface area contributed by atoms with Crippen LogP contribution in [0.2, 0.25) is 0 Å². The average molecular weight is 200 g/mol. The van der Waals surface area contributed by atoms with E-state index in [0.717, 1.165) is 25.9 Å². The Morgan fingerprint density at radius 3 is 2.93 bits per heavy atom. The standard InChI is InChI=1S/C10H20N2O2/c1-3-9(10(13)14)12-6-4-5-8(7-12)11-2/h8-9,11H,3-7H2,1-2H3,(H,13,14). The van der Waals surface area contributed by atoms with Crippen LogP contribution in [-0.4, -0.2) is 48.2 Å². The highest BCUT2D eigenvalue weighted by Crippen LogP contribution is 2.14. The van der Waals surface area contributed by atoms with E-state index < -0.39 is 5.97 Å². The molecular weight excluding hydrogens is 180 g/mol. The molecule has 2 N–H and O–H groups in total. The fraction of sp³-hybridized carbons (Fsp3) is 0.900. The lowest BCUT2D eigenvalue weighted by molar-refractivity contribution is -0.144. The van der Waals surface area contributed by atoms with Gasteiger partial charge < -0.3 is 10.4 Å². The zero-order valence-corrected chi connectivity index (χ0v) is 8.99. The van der Waals surface area contributed by atoms with Gasteiger partial charge in [0.15, 0.2) is 0 Å². The summed E-state index contributed by atoms with van der Waals surface area (Å²) in [6.45, 7) is 3.71. The zero-order valence-electron chi connectivity index (χ0n) is 8.99. The first-order chi connectivity index (χ1) is 6.69. The van der Waals surface area contributed by atoms with Gasteiger partial charge in [0.2, 0.25) is 0 Å². The molecule has 0 aliphatic carbocycles. The summed E-state index contributed by atoms with van der Waals surface area (Å²) in [5.41, 5.74) is 0. The Labute approximate surface area is 85.3 Å². The van der Waals surface area contributed by atoms with Crippen molar-refractivity contribution < 1.29 is 9.90 Å². The van der Waals surface area contributed by atoms with Crippen LogP contribution in [0.25, 0.3) is 0 Å². The first-order valence-electron chi connectivity index (χ1n) is 5.33. The molecule has 1 aliphatic rings. The summed E-state index contributed by atoms with van der Waals surface area (Å²) in [4.78, 5) is 13.0. The van der Waals surface area contributed by atoms with Crippen LogP contribution in [0.15, 0.2) is 0 Å². The van der Waals surface area contributed by atoms with Crippen LogP contribution >= 0.6 is 0 Å². The highest BCUT2D eigenvalue weighted by atomic mass is 16.4. The molecule has 1 aliphatic heterocycles. The largest absolute Gasteiger partial charge is 0.480 e. The Kier molecular flexibility index (Phi) is 4.35. The van der Waals surface area contributed by atoms with Crippen molar-refractivity contribution in [2.45, 2.75) is 38.3 Å². The number of carboxylic acids is 1. The predicted octanol–water partition coefficient (Wildman–Crippen LogP) is 0.533. The van der Waals surface area contributed by atoms with Crippen molar-refractivity contribution in [3.05, 3.63) is 0 Å². The van der Waals surface area contributed by atoms with E-state index in [9.17, 15) is 4.79 Å². The van der Waals surface area contributed by atoms with Gasteiger partial charge in [-0.25, -0.2) is 0 Å². The van der Waals surface area contributed by atoms with Crippen LogP contribution in [0.5, 0.6) is 0 Å². The normalized spacial score (nSPS) is 26.0. The summed E-state index contributed by atoms with van der Waals surface area (Å²) in [6.07, 6.45) is 2.93. The fourth-order valence-corrected chi connectivity index (χ4v) is 2.11. The number of nitrogens with one attached hydrogen (secondary N) is 1. The second-order valence-corrected chi connectivity index (χ2v) is 3.89. The van der Waals surface area contributed by atoms with Gasteiger partial charge in [-0.05, 0) is 32.9 Å². The van der Waals surface area contributed by atoms with E-state index in [1.807, 2.05) is 14.0 Å². The SMILES string of the molecule is CCC(C(=O)O)N1CCCC(NC)C1. The third-order valence-corrected chi connectivity index (χ3v) is 2.97. The minimum Gasteiger partial charge on any atom is -0.480 e. The third kappa shape index (κ3) is 2.69. The molecule has 2 unspecified atom stereocenters. The Morgan fingerprint density at radius 1 is 1.71 bits per heavy atom. The van der Waals surface area contributed by atoms with Crippen LogP contribution in [0.3, 0.4) is 0 Å². The quantitative estimate of drug-likeness (QED) is 0.695. The molecule has 1 rings (SSSR count). The molecule has 0 bridgehead atoms. The van der Waals surface area contributed by atoms with E-state index in [-0.39, 0.29) is 6.04 Å². The van der Waals surface area contributed by atoms with Crippen molar-refractivity contribution in [2.24, 2.45) is 0 Å². The van der Waals surface area contributed by atoms with Crippen molar-refractivity contribution >= 4 is 5.97 Å². The van der Waals surface area contributed by atoms with Gasteiger partial charge >= 0.3 is 5.97 Å². The lowest BCUT2D eigenvalue weighted by Crippen LogP contribution is -2.51. The van der Waals surface area contributed by atoms with E-state index in [4.69, 9.17) is 5.11 Å². The maximum Gasteiger partial charge on any atom is 0.320 e. The summed E-state index contributed by atoms with van der Waals surface area (Å²) >= 11 is 0. The summed E-state index contributed by atoms with van der Waals surface area (Å²) < 4.78 is 0. The first-order valence-corrected chi connectivity index (χ1v) is 5.33. The lowest BCUT2D eigenvalue weighted by atomic mass is 10.0. The number of likely N-dealkylation sites (N-methyl/N-ethyl adjacent to an activating group) is 1. The van der Waals surface area contributed by atoms with E-state index in [2.05, 4.69) is 10.2 Å². The van der Waals surface area contributed by atoms with Gasteiger partial charge in [-0.15, -0.1) is 0 Å². The van der Waals surface area contributed by atoms with Crippen LogP contribution in [0.1, 0.15) is 26.2 Å². The molecule has 4 nitrogen and oxygen atoms in total. The van der Waals surface area contributed by atoms with E-state index in [1.165, 1.54) is 0 Å². The Hall–Kier alpha value is -0.610. The maximum absolute atomic E-state index is 11.0. The molecule has 4 heteroatoms. The molecule has 0 spiro atoms. The number of rotatable bonds is 4. The molecule has 1 saturated heterocycles. The van der Waals surface area contributed by atoms with E-state index in [0.29, 0.717) is 12.5 Å². The number of likely N-dealkylation sites (tertiary alicyclic amines) is 1. The van der Waals surface area contributed by atoms with Gasteiger partial charge in [-0.1, -0.05) is 6.92 Å². The van der Waals surface area contributed by atoms with Gasteiger partial charge in [-0.3, -0.25) is 9.69 Å². The molecule has 0 radical (unpaired) electrons. The van der Waals surface area contributed by atoms with Gasteiger partial charge in [0, 0.05) is 12.6 Å². The molecule has 82 valence electrons.